The molecule has 0 saturated carbocycles. The predicted octanol–water partition coefficient (Wildman–Crippen LogP) is 3.90. The summed E-state index contributed by atoms with van der Waals surface area (Å²) < 4.78 is 0. The van der Waals surface area contributed by atoms with Crippen molar-refractivity contribution >= 4 is 11.4 Å². The van der Waals surface area contributed by atoms with Gasteiger partial charge in [0.25, 0.3) is 0 Å². The van der Waals surface area contributed by atoms with Crippen molar-refractivity contribution in [1.82, 2.24) is 0 Å². The number of allylic oxidation sites excluding steroid dienone is 1. The molecule has 0 bridgehead atoms. The number of hydrogen-bond acceptors (Lipinski definition) is 2. The fourth-order valence-electron chi connectivity index (χ4n) is 1.79. The summed E-state index contributed by atoms with van der Waals surface area (Å²) in [6, 6.07) is 22.3. The molecular weight excluding hydrogens is 220 g/mol. The Kier molecular flexibility index (Phi) is 4.16. The van der Waals surface area contributed by atoms with Gasteiger partial charge in [-0.05, 0) is 24.3 Å². The highest BCUT2D eigenvalue weighted by Crippen LogP contribution is 2.24. The molecule has 0 aliphatic carbocycles. The maximum Gasteiger partial charge on any atom is 0.0909 e. The van der Waals surface area contributed by atoms with Gasteiger partial charge in [-0.3, -0.25) is 0 Å². The van der Waals surface area contributed by atoms with Crippen LogP contribution in [-0.4, -0.2) is 6.54 Å². The number of hydrogen-bond donors (Lipinski definition) is 0. The topological polar surface area (TPSA) is 27.0 Å². The molecule has 0 spiro atoms. The molecule has 0 fully saturated rings. The first-order chi connectivity index (χ1) is 8.92. The molecule has 0 unspecified atom stereocenters. The van der Waals surface area contributed by atoms with Crippen LogP contribution in [0.4, 0.5) is 11.4 Å². The first-order valence-corrected chi connectivity index (χ1v) is 5.84. The van der Waals surface area contributed by atoms with E-state index in [1.54, 1.807) is 0 Å². The maximum absolute atomic E-state index is 8.56. The zero-order valence-corrected chi connectivity index (χ0v) is 10.0. The zero-order valence-electron chi connectivity index (χ0n) is 10.0. The van der Waals surface area contributed by atoms with E-state index in [0.717, 1.165) is 11.4 Å². The fraction of sp³-hybridized carbons (Fsp3) is 0.0625. The lowest BCUT2D eigenvalue weighted by Gasteiger charge is -2.23. The Balaban J connectivity index is 2.30. The van der Waals surface area contributed by atoms with Gasteiger partial charge in [0.05, 0.1) is 6.07 Å². The summed E-state index contributed by atoms with van der Waals surface area (Å²) in [5, 5.41) is 8.56. The van der Waals surface area contributed by atoms with Crippen LogP contribution in [0.2, 0.25) is 0 Å². The van der Waals surface area contributed by atoms with Crippen molar-refractivity contribution in [3.63, 3.8) is 0 Å². The molecule has 2 rings (SSSR count). The third-order valence-corrected chi connectivity index (χ3v) is 2.62. The van der Waals surface area contributed by atoms with E-state index in [-0.39, 0.29) is 0 Å². The Morgan fingerprint density at radius 3 is 1.83 bits per heavy atom. The molecule has 2 aromatic carbocycles. The van der Waals surface area contributed by atoms with Crippen molar-refractivity contribution in [2.75, 3.05) is 11.4 Å². The maximum atomic E-state index is 8.56. The van der Waals surface area contributed by atoms with Gasteiger partial charge in [0.15, 0.2) is 0 Å². The van der Waals surface area contributed by atoms with Gasteiger partial charge < -0.3 is 4.90 Å². The molecule has 0 aliphatic heterocycles. The highest BCUT2D eigenvalue weighted by atomic mass is 15.1. The summed E-state index contributed by atoms with van der Waals surface area (Å²) in [7, 11) is 0. The minimum Gasteiger partial charge on any atom is -0.338 e. The molecule has 18 heavy (non-hydrogen) atoms. The van der Waals surface area contributed by atoms with E-state index >= 15 is 0 Å². The van der Waals surface area contributed by atoms with Gasteiger partial charge in [0.2, 0.25) is 0 Å². The standard InChI is InChI=1S/C16H14N2/c17-13-7-8-14-18(15-9-3-1-4-10-15)16-11-5-2-6-12-16/h1-12H,14H2/b8-7+. The summed E-state index contributed by atoms with van der Waals surface area (Å²) in [6.45, 7) is 0.682. The predicted molar refractivity (Wildman–Crippen MR) is 74.6 cm³/mol. The molecule has 0 atom stereocenters. The summed E-state index contributed by atoms with van der Waals surface area (Å²) in [4.78, 5) is 2.16. The molecule has 0 saturated heterocycles. The Morgan fingerprint density at radius 1 is 0.889 bits per heavy atom. The Labute approximate surface area is 107 Å². The van der Waals surface area contributed by atoms with Crippen LogP contribution in [0.1, 0.15) is 0 Å². The summed E-state index contributed by atoms with van der Waals surface area (Å²) in [6.07, 6.45) is 3.37. The van der Waals surface area contributed by atoms with E-state index in [1.165, 1.54) is 6.08 Å². The highest BCUT2D eigenvalue weighted by Gasteiger charge is 2.05. The normalized spacial score (nSPS) is 10.2. The van der Waals surface area contributed by atoms with Gasteiger partial charge >= 0.3 is 0 Å². The van der Waals surface area contributed by atoms with Gasteiger partial charge in [-0.25, -0.2) is 0 Å². The van der Waals surface area contributed by atoms with Crippen LogP contribution in [-0.2, 0) is 0 Å². The van der Waals surface area contributed by atoms with Crippen LogP contribution in [0.25, 0.3) is 0 Å². The van der Waals surface area contributed by atoms with Crippen molar-refractivity contribution < 1.29 is 0 Å². The van der Waals surface area contributed by atoms with Crippen molar-refractivity contribution in [2.24, 2.45) is 0 Å². The lowest BCUT2D eigenvalue weighted by atomic mass is 10.2. The lowest BCUT2D eigenvalue weighted by Crippen LogP contribution is -2.16. The summed E-state index contributed by atoms with van der Waals surface area (Å²) in [5.74, 6) is 0. The highest BCUT2D eigenvalue weighted by molar-refractivity contribution is 5.63. The Morgan fingerprint density at radius 2 is 1.39 bits per heavy atom. The van der Waals surface area contributed by atoms with Crippen LogP contribution in [0.15, 0.2) is 72.8 Å². The number of para-hydroxylation sites is 2. The number of nitrogens with zero attached hydrogens (tertiary/aromatic N) is 2. The molecule has 2 aromatic rings. The second kappa shape index (κ2) is 6.27. The van der Waals surface area contributed by atoms with E-state index in [0.29, 0.717) is 6.54 Å². The van der Waals surface area contributed by atoms with E-state index in [1.807, 2.05) is 48.5 Å². The SMILES string of the molecule is N#C/C=C/CN(c1ccccc1)c1ccccc1. The lowest BCUT2D eigenvalue weighted by molar-refractivity contribution is 1.10. The van der Waals surface area contributed by atoms with Gasteiger partial charge in [0.1, 0.15) is 0 Å². The van der Waals surface area contributed by atoms with E-state index in [4.69, 9.17) is 5.26 Å². The number of anilines is 2. The quantitative estimate of drug-likeness (QED) is 0.750. The molecule has 0 radical (unpaired) electrons. The van der Waals surface area contributed by atoms with Crippen LogP contribution in [0.5, 0.6) is 0 Å². The molecule has 88 valence electrons. The number of rotatable bonds is 4. The Hall–Kier alpha value is -2.53. The van der Waals surface area contributed by atoms with Crippen molar-refractivity contribution in [3.05, 3.63) is 72.8 Å². The van der Waals surface area contributed by atoms with Crippen LogP contribution < -0.4 is 4.90 Å². The molecule has 2 nitrogen and oxygen atoms in total. The molecule has 0 aliphatic rings. The molecule has 0 aromatic heterocycles. The minimum atomic E-state index is 0.682. The average molecular weight is 234 g/mol. The average Bonchev–Trinajstić information content (AvgIpc) is 2.46. The van der Waals surface area contributed by atoms with Crippen LogP contribution in [0.3, 0.4) is 0 Å². The second-order valence-electron chi connectivity index (χ2n) is 3.81. The van der Waals surface area contributed by atoms with Gasteiger partial charge in [0, 0.05) is 24.0 Å². The molecule has 0 heterocycles. The molecule has 0 N–H and O–H groups in total. The monoisotopic (exact) mass is 234 g/mol. The van der Waals surface area contributed by atoms with Crippen molar-refractivity contribution in [2.45, 2.75) is 0 Å². The number of nitriles is 1. The molecule has 0 amide bonds. The number of benzene rings is 2. The van der Waals surface area contributed by atoms with E-state index in [2.05, 4.69) is 29.2 Å². The molecule has 2 heteroatoms. The first-order valence-electron chi connectivity index (χ1n) is 5.84. The molecular formula is C16H14N2. The largest absolute Gasteiger partial charge is 0.338 e. The van der Waals surface area contributed by atoms with Crippen molar-refractivity contribution in [3.8, 4) is 6.07 Å². The van der Waals surface area contributed by atoms with Gasteiger partial charge in [-0.2, -0.15) is 5.26 Å². The third-order valence-electron chi connectivity index (χ3n) is 2.62. The smallest absolute Gasteiger partial charge is 0.0909 e. The second-order valence-corrected chi connectivity index (χ2v) is 3.81. The van der Waals surface area contributed by atoms with E-state index < -0.39 is 0 Å². The summed E-state index contributed by atoms with van der Waals surface area (Å²) in [5.41, 5.74) is 2.23. The first kappa shape index (κ1) is 11.9. The van der Waals surface area contributed by atoms with Gasteiger partial charge in [-0.15, -0.1) is 0 Å². The van der Waals surface area contributed by atoms with Crippen LogP contribution in [0, 0.1) is 11.3 Å². The zero-order chi connectivity index (χ0) is 12.6. The minimum absolute atomic E-state index is 0.682. The van der Waals surface area contributed by atoms with E-state index in [9.17, 15) is 0 Å². The van der Waals surface area contributed by atoms with Crippen molar-refractivity contribution in [1.29, 1.82) is 5.26 Å². The fourth-order valence-corrected chi connectivity index (χ4v) is 1.79. The summed E-state index contributed by atoms with van der Waals surface area (Å²) >= 11 is 0. The third kappa shape index (κ3) is 2.99. The van der Waals surface area contributed by atoms with Crippen LogP contribution >= 0.6 is 0 Å². The Bertz CT molecular complexity index is 499. The van der Waals surface area contributed by atoms with Gasteiger partial charge in [-0.1, -0.05) is 42.5 Å².